The van der Waals surface area contributed by atoms with E-state index >= 15 is 0 Å². The quantitative estimate of drug-likeness (QED) is 0.756. The monoisotopic (exact) mass is 215 g/mol. The van der Waals surface area contributed by atoms with E-state index < -0.39 is 0 Å². The summed E-state index contributed by atoms with van der Waals surface area (Å²) in [6.07, 6.45) is 8.89. The van der Waals surface area contributed by atoms with Crippen LogP contribution < -0.4 is 5.32 Å². The fourth-order valence-electron chi connectivity index (χ4n) is 1.51. The van der Waals surface area contributed by atoms with Crippen LogP contribution >= 0.6 is 0 Å². The average molecular weight is 215 g/mol. The van der Waals surface area contributed by atoms with Crippen molar-refractivity contribution in [3.63, 3.8) is 0 Å². The van der Waals surface area contributed by atoms with Gasteiger partial charge in [0.2, 0.25) is 0 Å². The fourth-order valence-corrected chi connectivity index (χ4v) is 1.51. The van der Waals surface area contributed by atoms with Crippen LogP contribution in [0.4, 0.5) is 5.69 Å². The molecule has 0 radical (unpaired) electrons. The highest BCUT2D eigenvalue weighted by Gasteiger charge is 1.97. The minimum absolute atomic E-state index is 1.14. The first kappa shape index (κ1) is 12.6. The van der Waals surface area contributed by atoms with Gasteiger partial charge in [-0.2, -0.15) is 0 Å². The maximum absolute atomic E-state index is 3.38. The molecule has 0 heterocycles. The van der Waals surface area contributed by atoms with E-state index in [2.05, 4.69) is 54.7 Å². The van der Waals surface area contributed by atoms with Gasteiger partial charge in [-0.25, -0.2) is 0 Å². The van der Waals surface area contributed by atoms with Gasteiger partial charge in [-0.1, -0.05) is 43.7 Å². The highest BCUT2D eigenvalue weighted by atomic mass is 14.9. The molecule has 0 fully saturated rings. The van der Waals surface area contributed by atoms with E-state index in [0.29, 0.717) is 0 Å². The van der Waals surface area contributed by atoms with Gasteiger partial charge in [0.05, 0.1) is 0 Å². The first-order chi connectivity index (χ1) is 7.84. The molecule has 0 amide bonds. The number of nitrogens with one attached hydrogen (secondary N) is 1. The first-order valence-electron chi connectivity index (χ1n) is 6.05. The fraction of sp³-hybridized carbons (Fsp3) is 0.333. The van der Waals surface area contributed by atoms with Gasteiger partial charge in [0.15, 0.2) is 0 Å². The molecule has 1 aromatic rings. The Labute approximate surface area is 98.9 Å². The Morgan fingerprint density at radius 3 is 2.25 bits per heavy atom. The number of hydrogen-bond acceptors (Lipinski definition) is 1. The van der Waals surface area contributed by atoms with Crippen molar-refractivity contribution >= 4 is 5.69 Å². The third-order valence-electron chi connectivity index (χ3n) is 2.34. The average Bonchev–Trinajstić information content (AvgIpc) is 2.36. The molecule has 86 valence electrons. The second-order valence-electron chi connectivity index (χ2n) is 3.63. The van der Waals surface area contributed by atoms with Gasteiger partial charge in [-0.15, -0.1) is 0 Å². The normalized spacial score (nSPS) is 13.6. The molecule has 1 nitrogen and oxygen atoms in total. The molecule has 0 saturated heterocycles. The lowest BCUT2D eigenvalue weighted by Crippen LogP contribution is -1.98. The van der Waals surface area contributed by atoms with Crippen molar-refractivity contribution in [3.05, 3.63) is 53.8 Å². The van der Waals surface area contributed by atoms with Crippen LogP contribution in [0.1, 0.15) is 32.3 Å². The molecule has 1 heteroatoms. The Morgan fingerprint density at radius 2 is 1.69 bits per heavy atom. The van der Waals surface area contributed by atoms with Crippen molar-refractivity contribution in [2.24, 2.45) is 0 Å². The van der Waals surface area contributed by atoms with Gasteiger partial charge < -0.3 is 5.32 Å². The minimum atomic E-state index is 1.14. The van der Waals surface area contributed by atoms with Crippen molar-refractivity contribution in [2.75, 3.05) is 5.32 Å². The molecule has 0 saturated carbocycles. The van der Waals surface area contributed by atoms with E-state index in [0.717, 1.165) is 12.1 Å². The molecule has 1 N–H and O–H groups in total. The molecule has 0 atom stereocenters. The van der Waals surface area contributed by atoms with Gasteiger partial charge in [0.25, 0.3) is 0 Å². The molecule has 0 bridgehead atoms. The smallest absolute Gasteiger partial charge is 0.0384 e. The van der Waals surface area contributed by atoms with Gasteiger partial charge in [-0.05, 0) is 38.0 Å². The second-order valence-corrected chi connectivity index (χ2v) is 3.63. The molecular formula is C15H21N. The van der Waals surface area contributed by atoms with Crippen LogP contribution in [0, 0.1) is 6.92 Å². The maximum Gasteiger partial charge on any atom is 0.0384 e. The number of allylic oxidation sites excluding steroid dienone is 3. The molecule has 1 aliphatic carbocycles. The minimum Gasteiger partial charge on any atom is -0.356 e. The summed E-state index contributed by atoms with van der Waals surface area (Å²) in [5.41, 5.74) is 3.66. The number of rotatable bonds is 2. The number of aryl methyl sites for hydroxylation is 1. The summed E-state index contributed by atoms with van der Waals surface area (Å²) < 4.78 is 0. The van der Waals surface area contributed by atoms with Gasteiger partial charge >= 0.3 is 0 Å². The lowest BCUT2D eigenvalue weighted by molar-refractivity contribution is 1.02. The molecule has 0 unspecified atom stereocenters. The van der Waals surface area contributed by atoms with E-state index in [1.165, 1.54) is 17.7 Å². The van der Waals surface area contributed by atoms with E-state index in [-0.39, 0.29) is 0 Å². The first-order valence-corrected chi connectivity index (χ1v) is 6.05. The lowest BCUT2D eigenvalue weighted by atomic mass is 10.1. The van der Waals surface area contributed by atoms with Crippen LogP contribution in [-0.4, -0.2) is 0 Å². The summed E-state index contributed by atoms with van der Waals surface area (Å²) in [5.74, 6) is 0. The summed E-state index contributed by atoms with van der Waals surface area (Å²) in [4.78, 5) is 0. The highest BCUT2D eigenvalue weighted by Crippen LogP contribution is 2.15. The lowest BCUT2D eigenvalue weighted by Gasteiger charge is -2.10. The molecule has 1 aliphatic rings. The number of anilines is 1. The second kappa shape index (κ2) is 6.89. The van der Waals surface area contributed by atoms with Crippen LogP contribution in [0.25, 0.3) is 0 Å². The Morgan fingerprint density at radius 1 is 1.00 bits per heavy atom. The van der Waals surface area contributed by atoms with Crippen molar-refractivity contribution in [1.82, 2.24) is 0 Å². The van der Waals surface area contributed by atoms with Crippen molar-refractivity contribution in [3.8, 4) is 0 Å². The van der Waals surface area contributed by atoms with Crippen LogP contribution in [-0.2, 0) is 0 Å². The third-order valence-corrected chi connectivity index (χ3v) is 2.34. The topological polar surface area (TPSA) is 12.0 Å². The molecule has 1 aromatic carbocycles. The van der Waals surface area contributed by atoms with E-state index in [1.54, 1.807) is 0 Å². The maximum atomic E-state index is 3.38. The zero-order valence-electron chi connectivity index (χ0n) is 10.5. The van der Waals surface area contributed by atoms with Gasteiger partial charge in [0.1, 0.15) is 0 Å². The highest BCUT2D eigenvalue weighted by molar-refractivity contribution is 5.51. The predicted molar refractivity (Wildman–Crippen MR) is 72.6 cm³/mol. The Bertz CT molecular complexity index is 358. The summed E-state index contributed by atoms with van der Waals surface area (Å²) in [6.45, 7) is 6.10. The zero-order valence-corrected chi connectivity index (χ0v) is 10.5. The van der Waals surface area contributed by atoms with E-state index in [1.807, 2.05) is 13.8 Å². The largest absolute Gasteiger partial charge is 0.356 e. The van der Waals surface area contributed by atoms with Gasteiger partial charge in [-0.3, -0.25) is 0 Å². The summed E-state index contributed by atoms with van der Waals surface area (Å²) in [5, 5.41) is 3.38. The Balaban J connectivity index is 0.000000606. The third kappa shape index (κ3) is 3.93. The van der Waals surface area contributed by atoms with E-state index in [4.69, 9.17) is 0 Å². The van der Waals surface area contributed by atoms with Crippen molar-refractivity contribution in [1.29, 1.82) is 0 Å². The van der Waals surface area contributed by atoms with Crippen LogP contribution in [0.5, 0.6) is 0 Å². The molecule has 16 heavy (non-hydrogen) atoms. The van der Waals surface area contributed by atoms with E-state index in [9.17, 15) is 0 Å². The molecule has 0 spiro atoms. The Hall–Kier alpha value is -1.50. The molecular weight excluding hydrogens is 194 g/mol. The number of benzene rings is 1. The standard InChI is InChI=1S/C13H15N.C2H6/c1-11-7-9-13(10-8-11)14-12-5-3-2-4-6-12;1-2/h3,5-10,14H,2,4H2,1H3;1-2H3. The summed E-state index contributed by atoms with van der Waals surface area (Å²) in [7, 11) is 0. The van der Waals surface area contributed by atoms with Crippen LogP contribution in [0.3, 0.4) is 0 Å². The summed E-state index contributed by atoms with van der Waals surface area (Å²) in [6, 6.07) is 8.46. The van der Waals surface area contributed by atoms with Crippen LogP contribution in [0.2, 0.25) is 0 Å². The van der Waals surface area contributed by atoms with Gasteiger partial charge in [0, 0.05) is 11.4 Å². The number of hydrogen-bond donors (Lipinski definition) is 1. The predicted octanol–water partition coefficient (Wildman–Crippen LogP) is 4.67. The summed E-state index contributed by atoms with van der Waals surface area (Å²) >= 11 is 0. The zero-order chi connectivity index (χ0) is 11.8. The molecule has 0 aromatic heterocycles. The Kier molecular flexibility index (Phi) is 5.41. The van der Waals surface area contributed by atoms with Crippen molar-refractivity contribution in [2.45, 2.75) is 33.6 Å². The SMILES string of the molecule is CC.Cc1ccc(NC2=CCCC=C2)cc1. The molecule has 0 aliphatic heterocycles. The van der Waals surface area contributed by atoms with Crippen LogP contribution in [0.15, 0.2) is 48.2 Å². The molecule has 2 rings (SSSR count). The van der Waals surface area contributed by atoms with Crippen molar-refractivity contribution < 1.29 is 0 Å².